The Kier molecular flexibility index (Phi) is 6.38. The van der Waals surface area contributed by atoms with Crippen molar-refractivity contribution >= 4 is 29.0 Å². The van der Waals surface area contributed by atoms with Gasteiger partial charge in [-0.2, -0.15) is 13.2 Å². The monoisotopic (exact) mass is 387 g/mol. The average molecular weight is 388 g/mol. The highest BCUT2D eigenvalue weighted by Gasteiger charge is 2.33. The minimum atomic E-state index is -4.61. The molecule has 0 atom stereocenters. The zero-order chi connectivity index (χ0) is 19.3. The van der Waals surface area contributed by atoms with Crippen molar-refractivity contribution in [3.63, 3.8) is 0 Å². The maximum Gasteiger partial charge on any atom is 0.417 e. The van der Waals surface area contributed by atoms with E-state index in [1.807, 2.05) is 19.0 Å². The lowest BCUT2D eigenvalue weighted by Crippen LogP contribution is -2.21. The molecule has 2 rings (SSSR count). The molecule has 0 aliphatic rings. The van der Waals surface area contributed by atoms with Gasteiger partial charge in [-0.1, -0.05) is 11.6 Å². The Morgan fingerprint density at radius 1 is 1.23 bits per heavy atom. The van der Waals surface area contributed by atoms with E-state index in [1.54, 1.807) is 0 Å². The topological polar surface area (TPSA) is 70.2 Å². The first kappa shape index (κ1) is 19.9. The summed E-state index contributed by atoms with van der Waals surface area (Å²) >= 11 is 5.56. The zero-order valence-electron chi connectivity index (χ0n) is 14.1. The van der Waals surface area contributed by atoms with E-state index in [0.717, 1.165) is 18.7 Å². The lowest BCUT2D eigenvalue weighted by atomic mass is 10.2. The highest BCUT2D eigenvalue weighted by Crippen LogP contribution is 2.36. The number of benzene rings is 1. The van der Waals surface area contributed by atoms with Crippen LogP contribution in [0.3, 0.4) is 0 Å². The van der Waals surface area contributed by atoms with Crippen molar-refractivity contribution < 1.29 is 18.0 Å². The molecular weight excluding hydrogens is 371 g/mol. The summed E-state index contributed by atoms with van der Waals surface area (Å²) in [6, 6.07) is 4.56. The molecule has 0 aliphatic heterocycles. The second kappa shape index (κ2) is 8.33. The molecule has 26 heavy (non-hydrogen) atoms. The van der Waals surface area contributed by atoms with Crippen molar-refractivity contribution in [2.75, 3.05) is 37.8 Å². The van der Waals surface area contributed by atoms with E-state index in [9.17, 15) is 18.0 Å². The molecule has 2 N–H and O–H groups in total. The number of aromatic nitrogens is 2. The Morgan fingerprint density at radius 3 is 2.62 bits per heavy atom. The molecule has 2 aromatic rings. The van der Waals surface area contributed by atoms with Crippen LogP contribution in [0.25, 0.3) is 0 Å². The van der Waals surface area contributed by atoms with Crippen molar-refractivity contribution in [1.82, 2.24) is 14.9 Å². The Labute approximate surface area is 153 Å². The largest absolute Gasteiger partial charge is 0.417 e. The second-order valence-corrected chi connectivity index (χ2v) is 6.07. The molecule has 1 amide bonds. The Hall–Kier alpha value is -2.39. The Morgan fingerprint density at radius 2 is 1.96 bits per heavy atom. The number of likely N-dealkylation sites (N-methyl/N-ethyl adjacent to an activating group) is 1. The third-order valence-electron chi connectivity index (χ3n) is 3.29. The van der Waals surface area contributed by atoms with Crippen molar-refractivity contribution in [3.05, 3.63) is 46.9 Å². The number of carbonyl (C=O) groups excluding carboxylic acids is 1. The number of alkyl halides is 3. The number of nitrogens with one attached hydrogen (secondary N) is 2. The van der Waals surface area contributed by atoms with Crippen molar-refractivity contribution in [2.45, 2.75) is 6.18 Å². The summed E-state index contributed by atoms with van der Waals surface area (Å²) in [4.78, 5) is 22.1. The van der Waals surface area contributed by atoms with Gasteiger partial charge in [0, 0.05) is 24.8 Å². The standard InChI is InChI=1S/C16H17ClF3N5O/c1-25(2)6-5-21-14-8-13(22-9-23-14)15(26)24-10-3-4-12(17)11(7-10)16(18,19)20/h3-4,7-9H,5-6H2,1-2H3,(H,24,26)(H,21,22,23). The molecular formula is C16H17ClF3N5O. The highest BCUT2D eigenvalue weighted by atomic mass is 35.5. The number of hydrogen-bond donors (Lipinski definition) is 2. The number of hydrogen-bond acceptors (Lipinski definition) is 5. The summed E-state index contributed by atoms with van der Waals surface area (Å²) in [5.74, 6) is -0.211. The van der Waals surface area contributed by atoms with Crippen LogP contribution in [0.5, 0.6) is 0 Å². The molecule has 0 radical (unpaired) electrons. The van der Waals surface area contributed by atoms with Gasteiger partial charge in [-0.3, -0.25) is 4.79 Å². The van der Waals surface area contributed by atoms with Crippen LogP contribution in [0.4, 0.5) is 24.7 Å². The van der Waals surface area contributed by atoms with Crippen LogP contribution in [-0.2, 0) is 6.18 Å². The molecule has 0 unspecified atom stereocenters. The third kappa shape index (κ3) is 5.57. The molecule has 1 heterocycles. The molecule has 1 aromatic carbocycles. The quantitative estimate of drug-likeness (QED) is 0.795. The Bertz CT molecular complexity index is 783. The predicted octanol–water partition coefficient (Wildman–Crippen LogP) is 3.37. The summed E-state index contributed by atoms with van der Waals surface area (Å²) in [6.45, 7) is 1.37. The smallest absolute Gasteiger partial charge is 0.369 e. The minimum absolute atomic E-state index is 0.0239. The number of rotatable bonds is 6. The van der Waals surface area contributed by atoms with Gasteiger partial charge in [0.15, 0.2) is 0 Å². The molecule has 140 valence electrons. The van der Waals surface area contributed by atoms with Crippen molar-refractivity contribution in [3.8, 4) is 0 Å². The van der Waals surface area contributed by atoms with Gasteiger partial charge < -0.3 is 15.5 Å². The van der Waals surface area contributed by atoms with Crippen LogP contribution in [-0.4, -0.2) is 48.0 Å². The maximum absolute atomic E-state index is 12.9. The Balaban J connectivity index is 2.10. The van der Waals surface area contributed by atoms with Gasteiger partial charge >= 0.3 is 6.18 Å². The molecule has 0 fully saturated rings. The lowest BCUT2D eigenvalue weighted by molar-refractivity contribution is -0.137. The zero-order valence-corrected chi connectivity index (χ0v) is 14.8. The summed E-state index contributed by atoms with van der Waals surface area (Å²) in [7, 11) is 3.84. The fourth-order valence-electron chi connectivity index (χ4n) is 2.00. The second-order valence-electron chi connectivity index (χ2n) is 5.67. The number of anilines is 2. The van der Waals surface area contributed by atoms with Crippen molar-refractivity contribution in [2.24, 2.45) is 0 Å². The fourth-order valence-corrected chi connectivity index (χ4v) is 2.23. The minimum Gasteiger partial charge on any atom is -0.369 e. The van der Waals surface area contributed by atoms with E-state index in [2.05, 4.69) is 20.6 Å². The van der Waals surface area contributed by atoms with Gasteiger partial charge in [0.1, 0.15) is 17.8 Å². The van der Waals surface area contributed by atoms with Crippen LogP contribution in [0, 0.1) is 0 Å². The van der Waals surface area contributed by atoms with Gasteiger partial charge in [0.05, 0.1) is 10.6 Å². The lowest BCUT2D eigenvalue weighted by Gasteiger charge is -2.12. The normalized spacial score (nSPS) is 11.5. The average Bonchev–Trinajstić information content (AvgIpc) is 2.55. The van der Waals surface area contributed by atoms with Crippen LogP contribution in [0.15, 0.2) is 30.6 Å². The maximum atomic E-state index is 12.9. The van der Waals surface area contributed by atoms with Crippen LogP contribution >= 0.6 is 11.6 Å². The van der Waals surface area contributed by atoms with Crippen LogP contribution < -0.4 is 10.6 Å². The van der Waals surface area contributed by atoms with Crippen molar-refractivity contribution in [1.29, 1.82) is 0 Å². The van der Waals surface area contributed by atoms with Gasteiger partial charge in [-0.15, -0.1) is 0 Å². The van der Waals surface area contributed by atoms with Gasteiger partial charge in [0.25, 0.3) is 5.91 Å². The molecule has 6 nitrogen and oxygen atoms in total. The fraction of sp³-hybridized carbons (Fsp3) is 0.312. The molecule has 0 saturated heterocycles. The number of carbonyl (C=O) groups is 1. The first-order chi connectivity index (χ1) is 12.2. The number of halogens is 4. The van der Waals surface area contributed by atoms with E-state index in [1.165, 1.54) is 18.5 Å². The SMILES string of the molecule is CN(C)CCNc1cc(C(=O)Nc2ccc(Cl)c(C(F)(F)F)c2)ncn1. The molecule has 1 aromatic heterocycles. The molecule has 10 heteroatoms. The molecule has 0 spiro atoms. The van der Waals surface area contributed by atoms with Gasteiger partial charge in [-0.05, 0) is 32.3 Å². The predicted molar refractivity (Wildman–Crippen MR) is 93.5 cm³/mol. The van der Waals surface area contributed by atoms with Gasteiger partial charge in [0.2, 0.25) is 0 Å². The number of nitrogens with zero attached hydrogens (tertiary/aromatic N) is 3. The summed E-state index contributed by atoms with van der Waals surface area (Å²) in [6.07, 6.45) is -3.41. The van der Waals surface area contributed by atoms with E-state index < -0.39 is 22.7 Å². The molecule has 0 bridgehead atoms. The highest BCUT2D eigenvalue weighted by molar-refractivity contribution is 6.31. The molecule has 0 aliphatic carbocycles. The summed E-state index contributed by atoms with van der Waals surface area (Å²) in [5, 5.41) is 4.97. The van der Waals surface area contributed by atoms with E-state index in [4.69, 9.17) is 11.6 Å². The first-order valence-corrected chi connectivity index (χ1v) is 7.93. The third-order valence-corrected chi connectivity index (χ3v) is 3.62. The van der Waals surface area contributed by atoms with E-state index in [-0.39, 0.29) is 11.4 Å². The summed E-state index contributed by atoms with van der Waals surface area (Å²) < 4.78 is 38.7. The van der Waals surface area contributed by atoms with E-state index >= 15 is 0 Å². The van der Waals surface area contributed by atoms with Crippen LogP contribution in [0.2, 0.25) is 5.02 Å². The van der Waals surface area contributed by atoms with Gasteiger partial charge in [-0.25, -0.2) is 9.97 Å². The van der Waals surface area contributed by atoms with E-state index in [0.29, 0.717) is 12.4 Å². The van der Waals surface area contributed by atoms with Crippen LogP contribution in [0.1, 0.15) is 16.1 Å². The molecule has 0 saturated carbocycles. The summed E-state index contributed by atoms with van der Waals surface area (Å²) in [5.41, 5.74) is -1.03. The first-order valence-electron chi connectivity index (χ1n) is 7.55. The number of amides is 1.